The van der Waals surface area contributed by atoms with Gasteiger partial charge in [0, 0.05) is 30.3 Å². The summed E-state index contributed by atoms with van der Waals surface area (Å²) < 4.78 is 6.29. The van der Waals surface area contributed by atoms with E-state index in [9.17, 15) is 4.79 Å². The van der Waals surface area contributed by atoms with Gasteiger partial charge in [-0.1, -0.05) is 6.92 Å². The van der Waals surface area contributed by atoms with Gasteiger partial charge in [0.2, 0.25) is 5.91 Å². The van der Waals surface area contributed by atoms with Crippen LogP contribution in [0.1, 0.15) is 30.4 Å². The van der Waals surface area contributed by atoms with Gasteiger partial charge in [0.15, 0.2) is 5.13 Å². The normalized spacial score (nSPS) is 37.8. The maximum Gasteiger partial charge on any atom is 0.232 e. The molecule has 25 heavy (non-hydrogen) atoms. The van der Waals surface area contributed by atoms with E-state index in [-0.39, 0.29) is 31.4 Å². The first-order valence-electron chi connectivity index (χ1n) is 8.86. The zero-order valence-corrected chi connectivity index (χ0v) is 15.3. The van der Waals surface area contributed by atoms with Gasteiger partial charge in [0.25, 0.3) is 0 Å². The number of pyridine rings is 1. The smallest absolute Gasteiger partial charge is 0.232 e. The number of thiazole rings is 1. The van der Waals surface area contributed by atoms with Crippen LogP contribution < -0.4 is 5.32 Å². The largest absolute Gasteiger partial charge is 0.373 e. The van der Waals surface area contributed by atoms with E-state index in [4.69, 9.17) is 4.74 Å². The number of nitrogens with one attached hydrogen (secondary N) is 1. The van der Waals surface area contributed by atoms with E-state index < -0.39 is 0 Å². The predicted octanol–water partition coefficient (Wildman–Crippen LogP) is 3.40. The molecule has 1 amide bonds. The quantitative estimate of drug-likeness (QED) is 0.914. The van der Waals surface area contributed by atoms with Crippen LogP contribution in [0.3, 0.4) is 0 Å². The summed E-state index contributed by atoms with van der Waals surface area (Å²) in [7, 11) is 0. The average molecular weight is 357 g/mol. The zero-order chi connectivity index (χ0) is 17.3. The van der Waals surface area contributed by atoms with Gasteiger partial charge >= 0.3 is 0 Å². The fraction of sp³-hybridized carbons (Fsp3) is 0.526. The maximum absolute atomic E-state index is 13.1. The molecule has 3 aliphatic rings. The SMILES string of the molecule is Cc1cc([C@@H]2[C@@H](C(=O)Nc3ncc(C)s3)[C@@H]3O[C@H]2C2C(C)C23)ccn1.[HH]. The summed E-state index contributed by atoms with van der Waals surface area (Å²) in [6, 6.07) is 4.14. The van der Waals surface area contributed by atoms with Crippen LogP contribution in [0.5, 0.6) is 0 Å². The molecule has 1 aliphatic carbocycles. The lowest BCUT2D eigenvalue weighted by atomic mass is 9.75. The first-order chi connectivity index (χ1) is 12.0. The molecular weight excluding hydrogens is 334 g/mol. The van der Waals surface area contributed by atoms with Crippen molar-refractivity contribution in [3.8, 4) is 0 Å². The Morgan fingerprint density at radius 1 is 1.28 bits per heavy atom. The van der Waals surface area contributed by atoms with Gasteiger partial charge < -0.3 is 10.1 Å². The topological polar surface area (TPSA) is 64.1 Å². The zero-order valence-electron chi connectivity index (χ0n) is 14.5. The highest BCUT2D eigenvalue weighted by molar-refractivity contribution is 7.15. The molecule has 2 aromatic rings. The van der Waals surface area contributed by atoms with Gasteiger partial charge in [-0.05, 0) is 49.3 Å². The first kappa shape index (κ1) is 15.5. The van der Waals surface area contributed by atoms with E-state index in [1.165, 1.54) is 16.9 Å². The van der Waals surface area contributed by atoms with Crippen molar-refractivity contribution in [2.75, 3.05) is 5.32 Å². The summed E-state index contributed by atoms with van der Waals surface area (Å²) in [5.74, 6) is 1.81. The summed E-state index contributed by atoms with van der Waals surface area (Å²) >= 11 is 1.51. The molecule has 2 bridgehead atoms. The summed E-state index contributed by atoms with van der Waals surface area (Å²) in [6.07, 6.45) is 3.81. The second-order valence-corrected chi connectivity index (χ2v) is 8.86. The van der Waals surface area contributed by atoms with Crippen LogP contribution in [-0.4, -0.2) is 28.1 Å². The third kappa shape index (κ3) is 2.27. The number of hydrogen-bond acceptors (Lipinski definition) is 5. The predicted molar refractivity (Wildman–Crippen MR) is 97.6 cm³/mol. The van der Waals surface area contributed by atoms with Crippen LogP contribution in [0, 0.1) is 37.5 Å². The molecule has 3 unspecified atom stereocenters. The Hall–Kier alpha value is -1.79. The first-order valence-corrected chi connectivity index (χ1v) is 9.67. The minimum absolute atomic E-state index is 0. The lowest BCUT2D eigenvalue weighted by molar-refractivity contribution is -0.122. The van der Waals surface area contributed by atoms with Crippen LogP contribution in [0.25, 0.3) is 0 Å². The highest BCUT2D eigenvalue weighted by Crippen LogP contribution is 2.68. The number of nitrogens with zero attached hydrogens (tertiary/aromatic N) is 2. The Morgan fingerprint density at radius 2 is 2.08 bits per heavy atom. The number of carbonyl (C=O) groups excluding carboxylic acids is 1. The number of aromatic nitrogens is 2. The highest BCUT2D eigenvalue weighted by Gasteiger charge is 2.72. The van der Waals surface area contributed by atoms with Crippen molar-refractivity contribution in [1.82, 2.24) is 9.97 Å². The number of anilines is 1. The van der Waals surface area contributed by atoms with Crippen molar-refractivity contribution in [3.63, 3.8) is 0 Å². The molecule has 1 N–H and O–H groups in total. The Morgan fingerprint density at radius 3 is 2.80 bits per heavy atom. The van der Waals surface area contributed by atoms with Crippen molar-refractivity contribution in [1.29, 1.82) is 0 Å². The summed E-state index contributed by atoms with van der Waals surface area (Å²) in [5, 5.41) is 3.71. The molecule has 2 saturated heterocycles. The molecule has 5 nitrogen and oxygen atoms in total. The Balaban J connectivity index is 0.00000168. The van der Waals surface area contributed by atoms with Crippen molar-refractivity contribution in [3.05, 3.63) is 40.7 Å². The molecular formula is C19H23N3O2S. The molecule has 7 atom stereocenters. The standard InChI is InChI=1S/C19H21N3O2S.H2/c1-8-6-11(4-5-20-8)14-15(17-13-10(3)12(13)16(14)24-17)18(23)22-19-21-7-9(2)25-19;/h4-7,10,12-17H,1-3H3,(H,21,22,23);1H/t10?,12?,13?,14-,15-,16+,17-;/m1./s1. The maximum atomic E-state index is 13.1. The van der Waals surface area contributed by atoms with Gasteiger partial charge in [-0.2, -0.15) is 0 Å². The van der Waals surface area contributed by atoms with Crippen molar-refractivity contribution < 1.29 is 11.0 Å². The molecule has 1 saturated carbocycles. The number of carbonyl (C=O) groups is 1. The second kappa shape index (κ2) is 5.35. The second-order valence-electron chi connectivity index (χ2n) is 7.63. The highest BCUT2D eigenvalue weighted by atomic mass is 32.1. The third-order valence-corrected chi connectivity index (χ3v) is 6.97. The van der Waals surface area contributed by atoms with E-state index in [1.807, 2.05) is 26.1 Å². The van der Waals surface area contributed by atoms with Gasteiger partial charge in [0.05, 0.1) is 18.1 Å². The summed E-state index contributed by atoms with van der Waals surface area (Å²) in [5.41, 5.74) is 2.16. The van der Waals surface area contributed by atoms with Crippen molar-refractivity contribution in [2.45, 2.75) is 38.9 Å². The molecule has 2 aliphatic heterocycles. The number of fused-ring (bicyclic) bond motifs is 5. The van der Waals surface area contributed by atoms with E-state index in [2.05, 4.69) is 28.3 Å². The number of amides is 1. The fourth-order valence-corrected chi connectivity index (χ4v) is 5.73. The van der Waals surface area contributed by atoms with Gasteiger partial charge in [-0.25, -0.2) is 4.98 Å². The van der Waals surface area contributed by atoms with Crippen molar-refractivity contribution in [2.24, 2.45) is 23.7 Å². The molecule has 3 fully saturated rings. The van der Waals surface area contributed by atoms with Crippen LogP contribution in [0.15, 0.2) is 24.5 Å². The van der Waals surface area contributed by atoms with Gasteiger partial charge in [-0.15, -0.1) is 11.3 Å². The summed E-state index contributed by atoms with van der Waals surface area (Å²) in [6.45, 7) is 6.28. The molecule has 0 radical (unpaired) electrons. The molecule has 0 spiro atoms. The number of ether oxygens (including phenoxy) is 1. The number of hydrogen-bond donors (Lipinski definition) is 1. The third-order valence-electron chi connectivity index (χ3n) is 6.15. The van der Waals surface area contributed by atoms with Crippen LogP contribution in [0.2, 0.25) is 0 Å². The molecule has 2 aromatic heterocycles. The molecule has 132 valence electrons. The molecule has 5 rings (SSSR count). The minimum atomic E-state index is -0.151. The molecule has 6 heteroatoms. The Bertz CT molecular complexity index is 857. The van der Waals surface area contributed by atoms with E-state index >= 15 is 0 Å². The monoisotopic (exact) mass is 357 g/mol. The Kier molecular flexibility index (Phi) is 3.31. The fourth-order valence-electron chi connectivity index (χ4n) is 5.07. The van der Waals surface area contributed by atoms with E-state index in [0.717, 1.165) is 10.6 Å². The lowest BCUT2D eigenvalue weighted by Gasteiger charge is -2.27. The van der Waals surface area contributed by atoms with Crippen LogP contribution in [0.4, 0.5) is 5.13 Å². The molecule has 4 heterocycles. The van der Waals surface area contributed by atoms with Crippen LogP contribution in [-0.2, 0) is 9.53 Å². The summed E-state index contributed by atoms with van der Waals surface area (Å²) in [4.78, 5) is 22.8. The van der Waals surface area contributed by atoms with Gasteiger partial charge in [0.1, 0.15) is 0 Å². The van der Waals surface area contributed by atoms with E-state index in [0.29, 0.717) is 22.9 Å². The van der Waals surface area contributed by atoms with E-state index in [1.54, 1.807) is 6.20 Å². The Labute approximate surface area is 152 Å². The average Bonchev–Trinajstić information content (AvgIpc) is 2.96. The minimum Gasteiger partial charge on any atom is -0.373 e. The number of rotatable bonds is 3. The molecule has 0 aromatic carbocycles. The number of aryl methyl sites for hydroxylation is 2. The van der Waals surface area contributed by atoms with Crippen LogP contribution >= 0.6 is 11.3 Å². The lowest BCUT2D eigenvalue weighted by Crippen LogP contribution is -2.37. The van der Waals surface area contributed by atoms with Gasteiger partial charge in [-0.3, -0.25) is 9.78 Å². The van der Waals surface area contributed by atoms with Crippen molar-refractivity contribution >= 4 is 22.4 Å².